The maximum atomic E-state index is 12.7. The Morgan fingerprint density at radius 1 is 1.25 bits per heavy atom. The molecule has 2 atom stereocenters. The third-order valence-electron chi connectivity index (χ3n) is 3.99. The van der Waals surface area contributed by atoms with Gasteiger partial charge in [-0.1, -0.05) is 28.8 Å². The monoisotopic (exact) mass is 357 g/mol. The average molecular weight is 358 g/mol. The van der Waals surface area contributed by atoms with Crippen LogP contribution < -0.4 is 0 Å². The van der Waals surface area contributed by atoms with Crippen LogP contribution in [0, 0.1) is 11.8 Å². The Labute approximate surface area is 127 Å². The van der Waals surface area contributed by atoms with Crippen molar-refractivity contribution >= 4 is 21.8 Å². The lowest BCUT2D eigenvalue weighted by Crippen LogP contribution is -2.38. The molecule has 1 amide bonds. The summed E-state index contributed by atoms with van der Waals surface area (Å²) in [7, 11) is 1.70. The fourth-order valence-electron chi connectivity index (χ4n) is 2.75. The molecular weight excluding hydrogens is 335 g/mol. The van der Waals surface area contributed by atoms with E-state index < -0.39 is 18.0 Å². The van der Waals surface area contributed by atoms with Gasteiger partial charge < -0.3 is 4.90 Å². The van der Waals surface area contributed by atoms with Gasteiger partial charge in [-0.3, -0.25) is 4.79 Å². The van der Waals surface area contributed by atoms with Crippen LogP contribution in [0.5, 0.6) is 0 Å². The molecule has 0 saturated heterocycles. The summed E-state index contributed by atoms with van der Waals surface area (Å²) in [6, 6.07) is 0. The molecule has 1 aliphatic rings. The van der Waals surface area contributed by atoms with Gasteiger partial charge in [0.25, 0.3) is 0 Å². The summed E-state index contributed by atoms with van der Waals surface area (Å²) in [5, 5.41) is 0.945. The third-order valence-corrected chi connectivity index (χ3v) is 4.55. The average Bonchev–Trinajstić information content (AvgIpc) is 2.42. The number of amides is 1. The highest BCUT2D eigenvalue weighted by atomic mass is 79.9. The van der Waals surface area contributed by atoms with Crippen molar-refractivity contribution in [3.8, 4) is 0 Å². The van der Waals surface area contributed by atoms with Crippen LogP contribution in [0.2, 0.25) is 0 Å². The van der Waals surface area contributed by atoms with Crippen molar-refractivity contribution in [2.75, 3.05) is 18.9 Å². The van der Waals surface area contributed by atoms with Gasteiger partial charge in [-0.05, 0) is 32.1 Å². The quantitative estimate of drug-likeness (QED) is 0.510. The number of rotatable bonds is 6. The van der Waals surface area contributed by atoms with Gasteiger partial charge in [0.15, 0.2) is 0 Å². The minimum Gasteiger partial charge on any atom is -0.346 e. The van der Waals surface area contributed by atoms with Crippen molar-refractivity contribution in [1.82, 2.24) is 4.90 Å². The summed E-state index contributed by atoms with van der Waals surface area (Å²) < 4.78 is 38.2. The fourth-order valence-corrected chi connectivity index (χ4v) is 3.15. The van der Waals surface area contributed by atoms with Gasteiger partial charge in [0.05, 0.1) is 5.92 Å². The van der Waals surface area contributed by atoms with Gasteiger partial charge in [-0.2, -0.15) is 13.2 Å². The number of carbonyl (C=O) groups is 1. The molecule has 1 rings (SSSR count). The van der Waals surface area contributed by atoms with Crippen LogP contribution in [0.25, 0.3) is 0 Å². The van der Waals surface area contributed by atoms with Crippen molar-refractivity contribution in [1.29, 1.82) is 0 Å². The summed E-state index contributed by atoms with van der Waals surface area (Å²) in [6.07, 6.45) is 0.0580. The van der Waals surface area contributed by atoms with Gasteiger partial charge in [-0.15, -0.1) is 0 Å². The van der Waals surface area contributed by atoms with Crippen molar-refractivity contribution < 1.29 is 18.0 Å². The SMILES string of the molecule is CN(CCCCCBr)C(=O)C1CCCC(C(F)(F)F)C1. The molecular formula is C14H23BrF3NO. The van der Waals surface area contributed by atoms with Crippen LogP contribution in [0.4, 0.5) is 13.2 Å². The minimum absolute atomic E-state index is 0.0337. The summed E-state index contributed by atoms with van der Waals surface area (Å²) in [6.45, 7) is 0.638. The summed E-state index contributed by atoms with van der Waals surface area (Å²) >= 11 is 3.35. The van der Waals surface area contributed by atoms with Gasteiger partial charge in [0, 0.05) is 24.8 Å². The number of halogens is 4. The number of hydrogen-bond donors (Lipinski definition) is 0. The van der Waals surface area contributed by atoms with Crippen LogP contribution >= 0.6 is 15.9 Å². The molecule has 2 nitrogen and oxygen atoms in total. The molecule has 0 aliphatic heterocycles. The highest BCUT2D eigenvalue weighted by Gasteiger charge is 2.43. The summed E-state index contributed by atoms with van der Waals surface area (Å²) in [5.41, 5.74) is 0. The molecule has 0 aromatic carbocycles. The second kappa shape index (κ2) is 8.25. The Morgan fingerprint density at radius 3 is 2.55 bits per heavy atom. The smallest absolute Gasteiger partial charge is 0.346 e. The third kappa shape index (κ3) is 5.62. The minimum atomic E-state index is -4.16. The number of unbranched alkanes of at least 4 members (excludes halogenated alkanes) is 2. The molecule has 6 heteroatoms. The molecule has 0 aromatic heterocycles. The lowest BCUT2D eigenvalue weighted by atomic mass is 9.80. The predicted octanol–water partition coefficient (Wildman–Crippen LogP) is 4.38. The highest BCUT2D eigenvalue weighted by molar-refractivity contribution is 9.09. The van der Waals surface area contributed by atoms with Crippen LogP contribution in [0.15, 0.2) is 0 Å². The van der Waals surface area contributed by atoms with Crippen molar-refractivity contribution in [2.45, 2.75) is 51.1 Å². The first kappa shape index (κ1) is 17.8. The fraction of sp³-hybridized carbons (Fsp3) is 0.929. The van der Waals surface area contributed by atoms with E-state index in [9.17, 15) is 18.0 Å². The zero-order chi connectivity index (χ0) is 15.2. The first-order valence-electron chi connectivity index (χ1n) is 7.24. The van der Waals surface area contributed by atoms with Gasteiger partial charge in [0.1, 0.15) is 0 Å². The Morgan fingerprint density at radius 2 is 1.95 bits per heavy atom. The Kier molecular flexibility index (Phi) is 7.34. The molecule has 0 spiro atoms. The van der Waals surface area contributed by atoms with Crippen LogP contribution in [0.3, 0.4) is 0 Å². The maximum absolute atomic E-state index is 12.7. The standard InChI is InChI=1S/C14H23BrF3NO/c1-19(9-4-2-3-8-15)13(20)11-6-5-7-12(10-11)14(16,17)18/h11-12H,2-10H2,1H3. The van der Waals surface area contributed by atoms with E-state index >= 15 is 0 Å². The van der Waals surface area contributed by atoms with E-state index in [1.807, 2.05) is 0 Å². The van der Waals surface area contributed by atoms with Gasteiger partial charge >= 0.3 is 6.18 Å². The lowest BCUT2D eigenvalue weighted by Gasteiger charge is -2.32. The summed E-state index contributed by atoms with van der Waals surface area (Å²) in [4.78, 5) is 13.8. The summed E-state index contributed by atoms with van der Waals surface area (Å²) in [5.74, 6) is -1.86. The topological polar surface area (TPSA) is 20.3 Å². The molecule has 0 N–H and O–H groups in total. The Bertz CT molecular complexity index is 309. The zero-order valence-corrected chi connectivity index (χ0v) is 13.5. The Balaban J connectivity index is 2.41. The zero-order valence-electron chi connectivity index (χ0n) is 11.9. The number of carbonyl (C=O) groups excluding carboxylic acids is 1. The molecule has 1 fully saturated rings. The predicted molar refractivity (Wildman–Crippen MR) is 76.8 cm³/mol. The number of nitrogens with zero attached hydrogens (tertiary/aromatic N) is 1. The second-order valence-electron chi connectivity index (χ2n) is 5.61. The Hall–Kier alpha value is -0.260. The number of hydrogen-bond acceptors (Lipinski definition) is 1. The van der Waals surface area contributed by atoms with Crippen LogP contribution in [-0.2, 0) is 4.79 Å². The molecule has 118 valence electrons. The first-order chi connectivity index (χ1) is 9.36. The van der Waals surface area contributed by atoms with E-state index in [0.717, 1.165) is 24.6 Å². The largest absolute Gasteiger partial charge is 0.391 e. The van der Waals surface area contributed by atoms with E-state index in [-0.39, 0.29) is 18.7 Å². The van der Waals surface area contributed by atoms with E-state index in [1.54, 1.807) is 11.9 Å². The normalized spacial score (nSPS) is 23.6. The molecule has 1 saturated carbocycles. The van der Waals surface area contributed by atoms with Crippen LogP contribution in [0.1, 0.15) is 44.9 Å². The molecule has 0 heterocycles. The molecule has 1 aliphatic carbocycles. The maximum Gasteiger partial charge on any atom is 0.391 e. The molecule has 2 unspecified atom stereocenters. The second-order valence-corrected chi connectivity index (χ2v) is 6.40. The highest BCUT2D eigenvalue weighted by Crippen LogP contribution is 2.40. The lowest BCUT2D eigenvalue weighted by molar-refractivity contribution is -0.187. The van der Waals surface area contributed by atoms with E-state index in [4.69, 9.17) is 0 Å². The number of alkyl halides is 4. The van der Waals surface area contributed by atoms with Gasteiger partial charge in [-0.25, -0.2) is 0 Å². The van der Waals surface area contributed by atoms with Crippen molar-refractivity contribution in [2.24, 2.45) is 11.8 Å². The molecule has 0 radical (unpaired) electrons. The van der Waals surface area contributed by atoms with Gasteiger partial charge in [0.2, 0.25) is 5.91 Å². The molecule has 0 bridgehead atoms. The van der Waals surface area contributed by atoms with E-state index in [0.29, 0.717) is 19.4 Å². The van der Waals surface area contributed by atoms with E-state index in [2.05, 4.69) is 15.9 Å². The first-order valence-corrected chi connectivity index (χ1v) is 8.36. The van der Waals surface area contributed by atoms with Crippen LogP contribution in [-0.4, -0.2) is 35.9 Å². The van der Waals surface area contributed by atoms with Crippen molar-refractivity contribution in [3.05, 3.63) is 0 Å². The van der Waals surface area contributed by atoms with Crippen molar-refractivity contribution in [3.63, 3.8) is 0 Å². The molecule has 20 heavy (non-hydrogen) atoms. The molecule has 0 aromatic rings. The van der Waals surface area contributed by atoms with E-state index in [1.165, 1.54) is 0 Å².